The van der Waals surface area contributed by atoms with Gasteiger partial charge in [0.1, 0.15) is 5.78 Å². The molecule has 0 bridgehead atoms. The second-order valence-corrected chi connectivity index (χ2v) is 8.90. The summed E-state index contributed by atoms with van der Waals surface area (Å²) in [6.07, 6.45) is 12.9. The van der Waals surface area contributed by atoms with Gasteiger partial charge in [0.2, 0.25) is 0 Å². The van der Waals surface area contributed by atoms with Gasteiger partial charge >= 0.3 is 0 Å². The summed E-state index contributed by atoms with van der Waals surface area (Å²) in [6, 6.07) is 0. The second-order valence-electron chi connectivity index (χ2n) is 8.90. The number of hydrogen-bond acceptors (Lipinski definition) is 1. The fourth-order valence-electron chi connectivity index (χ4n) is 6.73. The van der Waals surface area contributed by atoms with E-state index in [1.165, 1.54) is 44.9 Å². The van der Waals surface area contributed by atoms with Crippen LogP contribution in [-0.2, 0) is 4.79 Å². The van der Waals surface area contributed by atoms with Crippen LogP contribution in [0.2, 0.25) is 0 Å². The predicted octanol–water partition coefficient (Wildman–Crippen LogP) is 5.15. The van der Waals surface area contributed by atoms with Crippen molar-refractivity contribution in [2.75, 3.05) is 0 Å². The first-order chi connectivity index (χ1) is 9.97. The highest BCUT2D eigenvalue weighted by Crippen LogP contribution is 2.65. The Morgan fingerprint density at radius 2 is 1.95 bits per heavy atom. The molecule has 21 heavy (non-hydrogen) atoms. The van der Waals surface area contributed by atoms with E-state index >= 15 is 0 Å². The Morgan fingerprint density at radius 1 is 1.14 bits per heavy atom. The molecular weight excluding hydrogens is 256 g/mol. The summed E-state index contributed by atoms with van der Waals surface area (Å²) in [5.74, 6) is 3.15. The highest BCUT2D eigenvalue weighted by atomic mass is 16.1. The summed E-state index contributed by atoms with van der Waals surface area (Å²) < 4.78 is 0. The summed E-state index contributed by atoms with van der Waals surface area (Å²) in [6.45, 7) is 7.18. The van der Waals surface area contributed by atoms with Gasteiger partial charge in [-0.2, -0.15) is 0 Å². The zero-order valence-electron chi connectivity index (χ0n) is 14.0. The Morgan fingerprint density at radius 3 is 2.76 bits per heavy atom. The monoisotopic (exact) mass is 286 g/mol. The van der Waals surface area contributed by atoms with Gasteiger partial charge in [-0.25, -0.2) is 0 Å². The van der Waals surface area contributed by atoms with Crippen molar-refractivity contribution < 1.29 is 4.79 Å². The van der Waals surface area contributed by atoms with Crippen LogP contribution in [0.3, 0.4) is 0 Å². The molecular formula is C20H30O. The molecule has 0 amide bonds. The maximum Gasteiger partial charge on any atom is 0.136 e. The van der Waals surface area contributed by atoms with E-state index in [4.69, 9.17) is 0 Å². The Labute approximate surface area is 129 Å². The highest BCUT2D eigenvalue weighted by Gasteiger charge is 2.59. The average Bonchev–Trinajstić information content (AvgIpc) is 2.70. The van der Waals surface area contributed by atoms with Gasteiger partial charge in [-0.3, -0.25) is 4.79 Å². The third-order valence-electron chi connectivity index (χ3n) is 8.35. The van der Waals surface area contributed by atoms with Crippen LogP contribution in [0.15, 0.2) is 11.6 Å². The molecule has 0 heterocycles. The first kappa shape index (κ1) is 14.0. The lowest BCUT2D eigenvalue weighted by Gasteiger charge is -2.57. The van der Waals surface area contributed by atoms with Gasteiger partial charge in [0.15, 0.2) is 0 Å². The Kier molecular flexibility index (Phi) is 2.98. The highest BCUT2D eigenvalue weighted by molar-refractivity contribution is 5.84. The third-order valence-corrected chi connectivity index (χ3v) is 8.35. The van der Waals surface area contributed by atoms with Crippen LogP contribution in [0, 0.1) is 34.5 Å². The zero-order valence-corrected chi connectivity index (χ0v) is 14.0. The maximum absolute atomic E-state index is 12.4. The average molecular weight is 286 g/mol. The summed E-state index contributed by atoms with van der Waals surface area (Å²) in [4.78, 5) is 12.4. The van der Waals surface area contributed by atoms with Gasteiger partial charge < -0.3 is 0 Å². The van der Waals surface area contributed by atoms with Gasteiger partial charge in [0.25, 0.3) is 0 Å². The number of carbonyl (C=O) groups is 1. The molecule has 0 saturated heterocycles. The SMILES string of the molecule is CC1C(=O)C[C@H]2[C@@H]3CC=C4CCCC[C@]4(C)[C@@H]3CC[C@]12C. The molecule has 6 atom stereocenters. The standard InChI is InChI=1S/C20H30O/c1-13-18(21)12-17-15-8-7-14-6-4-5-10-20(14,3)16(15)9-11-19(13,17)2/h7,13,15-17H,4-6,8-12H2,1-3H3/t13?,15-,16-,17+,19-,20+/m1/s1. The lowest BCUT2D eigenvalue weighted by atomic mass is 9.47. The van der Waals surface area contributed by atoms with Crippen molar-refractivity contribution in [1.29, 1.82) is 0 Å². The fraction of sp³-hybridized carbons (Fsp3) is 0.850. The van der Waals surface area contributed by atoms with Crippen molar-refractivity contribution in [3.63, 3.8) is 0 Å². The molecule has 3 fully saturated rings. The second kappa shape index (κ2) is 4.46. The van der Waals surface area contributed by atoms with Crippen molar-refractivity contribution in [2.45, 2.75) is 72.1 Å². The minimum Gasteiger partial charge on any atom is -0.299 e. The molecule has 0 spiro atoms. The molecule has 116 valence electrons. The third kappa shape index (κ3) is 1.72. The molecule has 0 aromatic rings. The number of carbonyl (C=O) groups excluding carboxylic acids is 1. The molecule has 1 unspecified atom stereocenters. The van der Waals surface area contributed by atoms with Gasteiger partial charge in [0.05, 0.1) is 0 Å². The van der Waals surface area contributed by atoms with E-state index in [1.54, 1.807) is 5.57 Å². The predicted molar refractivity (Wildman–Crippen MR) is 85.9 cm³/mol. The zero-order chi connectivity index (χ0) is 14.8. The summed E-state index contributed by atoms with van der Waals surface area (Å²) in [5.41, 5.74) is 2.54. The molecule has 1 heteroatoms. The molecule has 0 aromatic heterocycles. The van der Waals surface area contributed by atoms with Crippen LogP contribution < -0.4 is 0 Å². The number of rotatable bonds is 0. The van der Waals surface area contributed by atoms with E-state index in [9.17, 15) is 4.79 Å². The fourth-order valence-corrected chi connectivity index (χ4v) is 6.73. The minimum atomic E-state index is 0.299. The van der Waals surface area contributed by atoms with E-state index in [1.807, 2.05) is 0 Å². The summed E-state index contributed by atoms with van der Waals surface area (Å²) in [7, 11) is 0. The van der Waals surface area contributed by atoms with Crippen LogP contribution in [-0.4, -0.2) is 5.78 Å². The largest absolute Gasteiger partial charge is 0.299 e. The van der Waals surface area contributed by atoms with Gasteiger partial charge in [-0.05, 0) is 67.1 Å². The number of allylic oxidation sites excluding steroid dienone is 2. The van der Waals surface area contributed by atoms with Gasteiger partial charge in [0, 0.05) is 12.3 Å². The molecule has 4 aliphatic rings. The van der Waals surface area contributed by atoms with Gasteiger partial charge in [-0.1, -0.05) is 38.8 Å². The number of Topliss-reactive ketones (excluding diaryl/α,β-unsaturated/α-hetero) is 1. The van der Waals surface area contributed by atoms with Crippen LogP contribution >= 0.6 is 0 Å². The first-order valence-corrected chi connectivity index (χ1v) is 9.19. The summed E-state index contributed by atoms with van der Waals surface area (Å²) >= 11 is 0. The van der Waals surface area contributed by atoms with Crippen molar-refractivity contribution in [1.82, 2.24) is 0 Å². The topological polar surface area (TPSA) is 17.1 Å². The summed E-state index contributed by atoms with van der Waals surface area (Å²) in [5, 5.41) is 0. The smallest absolute Gasteiger partial charge is 0.136 e. The number of hydrogen-bond donors (Lipinski definition) is 0. The van der Waals surface area contributed by atoms with E-state index in [0.717, 1.165) is 18.3 Å². The molecule has 3 saturated carbocycles. The van der Waals surface area contributed by atoms with E-state index in [2.05, 4.69) is 26.8 Å². The molecule has 0 radical (unpaired) electrons. The van der Waals surface area contributed by atoms with Crippen molar-refractivity contribution in [2.24, 2.45) is 34.5 Å². The molecule has 4 rings (SSSR count). The lowest BCUT2D eigenvalue weighted by Crippen LogP contribution is -2.49. The quantitative estimate of drug-likeness (QED) is 0.562. The van der Waals surface area contributed by atoms with Crippen molar-refractivity contribution in [3.8, 4) is 0 Å². The maximum atomic E-state index is 12.4. The van der Waals surface area contributed by atoms with E-state index in [0.29, 0.717) is 28.4 Å². The van der Waals surface area contributed by atoms with Crippen LogP contribution in [0.5, 0.6) is 0 Å². The normalized spacial score (nSPS) is 52.7. The minimum absolute atomic E-state index is 0.299. The molecule has 0 aliphatic heterocycles. The lowest BCUT2D eigenvalue weighted by molar-refractivity contribution is -0.121. The van der Waals surface area contributed by atoms with Crippen LogP contribution in [0.1, 0.15) is 72.1 Å². The Balaban J connectivity index is 1.71. The number of fused-ring (bicyclic) bond motifs is 5. The van der Waals surface area contributed by atoms with Crippen LogP contribution in [0.25, 0.3) is 0 Å². The van der Waals surface area contributed by atoms with Crippen molar-refractivity contribution in [3.05, 3.63) is 11.6 Å². The van der Waals surface area contributed by atoms with E-state index in [-0.39, 0.29) is 0 Å². The molecule has 4 aliphatic carbocycles. The van der Waals surface area contributed by atoms with Gasteiger partial charge in [-0.15, -0.1) is 0 Å². The van der Waals surface area contributed by atoms with Crippen LogP contribution in [0.4, 0.5) is 0 Å². The Bertz CT molecular complexity index is 504. The number of ketones is 1. The first-order valence-electron chi connectivity index (χ1n) is 9.19. The van der Waals surface area contributed by atoms with Crippen molar-refractivity contribution >= 4 is 5.78 Å². The van der Waals surface area contributed by atoms with E-state index < -0.39 is 0 Å². The molecule has 1 nitrogen and oxygen atoms in total. The molecule has 0 N–H and O–H groups in total. The Hall–Kier alpha value is -0.590. The molecule has 0 aromatic carbocycles.